The normalized spacial score (nSPS) is 16.8. The van der Waals surface area contributed by atoms with E-state index in [4.69, 9.17) is 0 Å². The minimum Gasteiger partial charge on any atom is -0.346 e. The number of hydrogen-bond acceptors (Lipinski definition) is 3. The Bertz CT molecular complexity index is 910. The molecule has 1 atom stereocenters. The highest BCUT2D eigenvalue weighted by atomic mass is 16.2. The van der Waals surface area contributed by atoms with E-state index in [-0.39, 0.29) is 17.4 Å². The number of amides is 1. The lowest BCUT2D eigenvalue weighted by Gasteiger charge is -2.19. The molecule has 0 bridgehead atoms. The van der Waals surface area contributed by atoms with Gasteiger partial charge in [0.15, 0.2) is 11.5 Å². The molecule has 0 radical (unpaired) electrons. The first-order valence-electron chi connectivity index (χ1n) is 8.28. The minimum atomic E-state index is -0.374. The Morgan fingerprint density at radius 3 is 2.79 bits per heavy atom. The smallest absolute Gasteiger partial charge is 0.231 e. The van der Waals surface area contributed by atoms with E-state index >= 15 is 0 Å². The summed E-state index contributed by atoms with van der Waals surface area (Å²) in [6, 6.07) is 13.8. The number of rotatable bonds is 4. The zero-order valence-corrected chi connectivity index (χ0v) is 13.9. The number of carbonyl (C=O) groups is 1. The molecule has 1 aliphatic carbocycles. The van der Waals surface area contributed by atoms with Crippen LogP contribution in [0.3, 0.4) is 0 Å². The molecule has 1 unspecified atom stereocenters. The summed E-state index contributed by atoms with van der Waals surface area (Å²) in [6.45, 7) is 4.01. The topological polar surface area (TPSA) is 59.3 Å². The molecule has 1 aromatic carbocycles. The number of nitrogens with one attached hydrogen (secondary N) is 1. The Morgan fingerprint density at radius 1 is 1.21 bits per heavy atom. The van der Waals surface area contributed by atoms with Gasteiger partial charge in [0.1, 0.15) is 0 Å². The Hall–Kier alpha value is -2.69. The van der Waals surface area contributed by atoms with Crippen molar-refractivity contribution in [3.05, 3.63) is 65.6 Å². The SMILES string of the molecule is Cc1cccc(C2(C(=O)NC(C)c3nnc4ccccn34)CC2)c1. The number of benzene rings is 1. The number of carbonyl (C=O) groups excluding carboxylic acids is 1. The van der Waals surface area contributed by atoms with Crippen LogP contribution in [0, 0.1) is 6.92 Å². The fourth-order valence-electron chi connectivity index (χ4n) is 3.27. The molecule has 2 heterocycles. The van der Waals surface area contributed by atoms with Crippen molar-refractivity contribution in [2.75, 3.05) is 0 Å². The average molecular weight is 320 g/mol. The van der Waals surface area contributed by atoms with Crippen molar-refractivity contribution >= 4 is 11.6 Å². The molecule has 0 aliphatic heterocycles. The van der Waals surface area contributed by atoms with Crippen LogP contribution in [0.25, 0.3) is 5.65 Å². The molecule has 5 heteroatoms. The van der Waals surface area contributed by atoms with Crippen LogP contribution in [-0.2, 0) is 10.2 Å². The summed E-state index contributed by atoms with van der Waals surface area (Å²) in [4.78, 5) is 12.9. The van der Waals surface area contributed by atoms with Crippen LogP contribution in [0.1, 0.15) is 42.8 Å². The first-order chi connectivity index (χ1) is 11.6. The van der Waals surface area contributed by atoms with Gasteiger partial charge in [-0.25, -0.2) is 0 Å². The number of fused-ring (bicyclic) bond motifs is 1. The first kappa shape index (κ1) is 14.9. The van der Waals surface area contributed by atoms with Gasteiger partial charge in [-0.15, -0.1) is 10.2 Å². The molecule has 24 heavy (non-hydrogen) atoms. The van der Waals surface area contributed by atoms with Gasteiger partial charge < -0.3 is 5.32 Å². The van der Waals surface area contributed by atoms with Crippen LogP contribution in [0.15, 0.2) is 48.7 Å². The zero-order valence-electron chi connectivity index (χ0n) is 13.9. The van der Waals surface area contributed by atoms with E-state index in [0.29, 0.717) is 0 Å². The van der Waals surface area contributed by atoms with Crippen molar-refractivity contribution in [3.63, 3.8) is 0 Å². The Labute approximate surface area is 140 Å². The van der Waals surface area contributed by atoms with Crippen molar-refractivity contribution in [1.29, 1.82) is 0 Å². The van der Waals surface area contributed by atoms with Gasteiger partial charge in [0, 0.05) is 6.20 Å². The summed E-state index contributed by atoms with van der Waals surface area (Å²) in [6.07, 6.45) is 3.71. The van der Waals surface area contributed by atoms with Gasteiger partial charge in [0.25, 0.3) is 0 Å². The molecule has 1 fully saturated rings. The predicted octanol–water partition coefficient (Wildman–Crippen LogP) is 2.95. The molecule has 0 saturated heterocycles. The maximum atomic E-state index is 12.9. The standard InChI is InChI=1S/C19H20N4O/c1-13-6-5-7-15(12-13)19(9-10-19)18(24)20-14(2)17-22-21-16-8-3-4-11-23(16)17/h3-8,11-12,14H,9-10H2,1-2H3,(H,20,24). The zero-order chi connectivity index (χ0) is 16.7. The number of aryl methyl sites for hydroxylation is 1. The average Bonchev–Trinajstić information content (AvgIpc) is 3.28. The lowest BCUT2D eigenvalue weighted by atomic mass is 9.93. The fraction of sp³-hybridized carbons (Fsp3) is 0.316. The van der Waals surface area contributed by atoms with Gasteiger partial charge in [-0.05, 0) is 44.4 Å². The Kier molecular flexibility index (Phi) is 3.37. The van der Waals surface area contributed by atoms with E-state index in [2.05, 4.69) is 40.6 Å². The number of hydrogen-bond donors (Lipinski definition) is 1. The highest BCUT2D eigenvalue weighted by Crippen LogP contribution is 2.48. The van der Waals surface area contributed by atoms with Crippen molar-refractivity contribution in [3.8, 4) is 0 Å². The van der Waals surface area contributed by atoms with Crippen molar-refractivity contribution in [1.82, 2.24) is 19.9 Å². The molecule has 1 amide bonds. The maximum absolute atomic E-state index is 12.9. The molecule has 1 N–H and O–H groups in total. The van der Waals surface area contributed by atoms with Gasteiger partial charge in [-0.1, -0.05) is 35.9 Å². The summed E-state index contributed by atoms with van der Waals surface area (Å²) in [5, 5.41) is 11.5. The van der Waals surface area contributed by atoms with Crippen LogP contribution in [-0.4, -0.2) is 20.5 Å². The third-order valence-corrected chi connectivity index (χ3v) is 4.83. The summed E-state index contributed by atoms with van der Waals surface area (Å²) >= 11 is 0. The molecule has 122 valence electrons. The number of nitrogens with zero attached hydrogens (tertiary/aromatic N) is 3. The monoisotopic (exact) mass is 320 g/mol. The fourth-order valence-corrected chi connectivity index (χ4v) is 3.27. The summed E-state index contributed by atoms with van der Waals surface area (Å²) in [7, 11) is 0. The largest absolute Gasteiger partial charge is 0.346 e. The van der Waals surface area contributed by atoms with Crippen LogP contribution >= 0.6 is 0 Å². The second-order valence-corrected chi connectivity index (χ2v) is 6.63. The highest BCUT2D eigenvalue weighted by Gasteiger charge is 2.51. The van der Waals surface area contributed by atoms with Crippen LogP contribution in [0.5, 0.6) is 0 Å². The lowest BCUT2D eigenvalue weighted by Crippen LogP contribution is -2.37. The lowest BCUT2D eigenvalue weighted by molar-refractivity contribution is -0.124. The van der Waals surface area contributed by atoms with E-state index in [1.165, 1.54) is 5.56 Å². The van der Waals surface area contributed by atoms with Gasteiger partial charge in [-0.2, -0.15) is 0 Å². The quantitative estimate of drug-likeness (QED) is 0.804. The van der Waals surface area contributed by atoms with E-state index in [9.17, 15) is 4.79 Å². The van der Waals surface area contributed by atoms with E-state index in [1.807, 2.05) is 41.8 Å². The van der Waals surface area contributed by atoms with E-state index < -0.39 is 0 Å². The molecular weight excluding hydrogens is 300 g/mol. The van der Waals surface area contributed by atoms with Gasteiger partial charge >= 0.3 is 0 Å². The third kappa shape index (κ3) is 2.37. The van der Waals surface area contributed by atoms with Crippen LogP contribution in [0.2, 0.25) is 0 Å². The minimum absolute atomic E-state index is 0.0771. The Morgan fingerprint density at radius 2 is 2.04 bits per heavy atom. The number of pyridine rings is 1. The van der Waals surface area contributed by atoms with Crippen LogP contribution in [0.4, 0.5) is 0 Å². The second-order valence-electron chi connectivity index (χ2n) is 6.63. The predicted molar refractivity (Wildman–Crippen MR) is 91.6 cm³/mol. The van der Waals surface area contributed by atoms with E-state index in [0.717, 1.165) is 29.9 Å². The highest BCUT2D eigenvalue weighted by molar-refractivity contribution is 5.91. The molecule has 4 rings (SSSR count). The van der Waals surface area contributed by atoms with E-state index in [1.54, 1.807) is 0 Å². The molecule has 5 nitrogen and oxygen atoms in total. The molecule has 3 aromatic rings. The first-order valence-corrected chi connectivity index (χ1v) is 8.28. The summed E-state index contributed by atoms with van der Waals surface area (Å²) < 4.78 is 1.91. The van der Waals surface area contributed by atoms with Crippen molar-refractivity contribution in [2.24, 2.45) is 0 Å². The Balaban J connectivity index is 1.58. The molecule has 1 aliphatic rings. The summed E-state index contributed by atoms with van der Waals surface area (Å²) in [5.74, 6) is 0.826. The van der Waals surface area contributed by atoms with Crippen molar-refractivity contribution < 1.29 is 4.79 Å². The molecular formula is C19H20N4O. The number of aromatic nitrogens is 3. The maximum Gasteiger partial charge on any atom is 0.231 e. The molecule has 1 saturated carbocycles. The second kappa shape index (κ2) is 5.44. The van der Waals surface area contributed by atoms with Gasteiger partial charge in [0.2, 0.25) is 5.91 Å². The third-order valence-electron chi connectivity index (χ3n) is 4.83. The van der Waals surface area contributed by atoms with Gasteiger partial charge in [-0.3, -0.25) is 9.20 Å². The van der Waals surface area contributed by atoms with Gasteiger partial charge in [0.05, 0.1) is 11.5 Å². The van der Waals surface area contributed by atoms with Crippen molar-refractivity contribution in [2.45, 2.75) is 38.1 Å². The molecule has 2 aromatic heterocycles. The van der Waals surface area contributed by atoms with Crippen LogP contribution < -0.4 is 5.32 Å². The molecule has 0 spiro atoms. The summed E-state index contributed by atoms with van der Waals surface area (Å²) in [5.41, 5.74) is 2.70.